The zero-order chi connectivity index (χ0) is 24.2. The SMILES string of the molecule is COc1cc(OC)c(/C=C(\C(=O)c2ccc(Br)cc2)S(=O)(=O)c2ccc(Br)cc2)c(OC)c1. The minimum absolute atomic E-state index is 0.0196. The fraction of sp³-hybridized carbons (Fsp3) is 0.125. The van der Waals surface area contributed by atoms with Gasteiger partial charge in [0.1, 0.15) is 22.2 Å². The van der Waals surface area contributed by atoms with Crippen LogP contribution in [0, 0.1) is 0 Å². The molecular weight excluding hydrogens is 576 g/mol. The third-order valence-electron chi connectivity index (χ3n) is 4.77. The third kappa shape index (κ3) is 5.48. The Bertz CT molecular complexity index is 1270. The lowest BCUT2D eigenvalue weighted by Gasteiger charge is -2.15. The van der Waals surface area contributed by atoms with Crippen LogP contribution in [0.5, 0.6) is 17.2 Å². The molecule has 0 aliphatic heterocycles. The normalized spacial score (nSPS) is 11.7. The zero-order valence-electron chi connectivity index (χ0n) is 18.0. The van der Waals surface area contributed by atoms with Gasteiger partial charge in [-0.1, -0.05) is 31.9 Å². The van der Waals surface area contributed by atoms with Gasteiger partial charge >= 0.3 is 0 Å². The van der Waals surface area contributed by atoms with Crippen molar-refractivity contribution in [1.82, 2.24) is 0 Å². The molecule has 0 N–H and O–H groups in total. The molecule has 0 amide bonds. The maximum atomic E-state index is 13.6. The molecule has 0 saturated carbocycles. The molecule has 0 atom stereocenters. The highest BCUT2D eigenvalue weighted by Gasteiger charge is 2.29. The van der Waals surface area contributed by atoms with Gasteiger partial charge in [-0.2, -0.15) is 0 Å². The molecule has 0 saturated heterocycles. The predicted octanol–water partition coefficient (Wildman–Crippen LogP) is 5.94. The summed E-state index contributed by atoms with van der Waals surface area (Å²) in [6.45, 7) is 0. The first kappa shape index (κ1) is 25.0. The van der Waals surface area contributed by atoms with E-state index in [2.05, 4.69) is 31.9 Å². The highest BCUT2D eigenvalue weighted by Crippen LogP contribution is 2.37. The van der Waals surface area contributed by atoms with Crippen LogP contribution in [0.15, 0.2) is 79.4 Å². The van der Waals surface area contributed by atoms with E-state index in [-0.39, 0.29) is 10.5 Å². The molecule has 0 heterocycles. The summed E-state index contributed by atoms with van der Waals surface area (Å²) in [5.41, 5.74) is 0.513. The van der Waals surface area contributed by atoms with Gasteiger partial charge < -0.3 is 14.2 Å². The van der Waals surface area contributed by atoms with Crippen LogP contribution >= 0.6 is 31.9 Å². The Labute approximate surface area is 209 Å². The molecule has 9 heteroatoms. The first-order valence-corrected chi connectivity index (χ1v) is 12.6. The molecular formula is C24H20Br2O6S. The molecule has 0 bridgehead atoms. The molecule has 6 nitrogen and oxygen atoms in total. The smallest absolute Gasteiger partial charge is 0.210 e. The Hall–Kier alpha value is -2.62. The van der Waals surface area contributed by atoms with Crippen LogP contribution in [-0.4, -0.2) is 35.5 Å². The fourth-order valence-corrected chi connectivity index (χ4v) is 4.97. The van der Waals surface area contributed by atoms with Crippen LogP contribution in [0.3, 0.4) is 0 Å². The third-order valence-corrected chi connectivity index (χ3v) is 7.60. The molecule has 0 unspecified atom stereocenters. The van der Waals surface area contributed by atoms with Gasteiger partial charge in [0.05, 0.1) is 31.8 Å². The molecule has 3 rings (SSSR count). The largest absolute Gasteiger partial charge is 0.496 e. The van der Waals surface area contributed by atoms with Crippen molar-refractivity contribution in [2.75, 3.05) is 21.3 Å². The summed E-state index contributed by atoms with van der Waals surface area (Å²) >= 11 is 6.63. The number of hydrogen-bond donors (Lipinski definition) is 0. The van der Waals surface area contributed by atoms with Crippen LogP contribution in [0.25, 0.3) is 6.08 Å². The summed E-state index contributed by atoms with van der Waals surface area (Å²) in [5.74, 6) is 0.374. The first-order valence-electron chi connectivity index (χ1n) is 9.54. The standard InChI is InChI=1S/C24H20Br2O6S/c1-30-18-12-21(31-2)20(22(13-18)32-3)14-23(24(27)15-4-6-16(25)7-5-15)33(28,29)19-10-8-17(26)9-11-19/h4-14H,1-3H3/b23-14+. The van der Waals surface area contributed by atoms with Gasteiger partial charge in [0.25, 0.3) is 0 Å². The molecule has 3 aromatic carbocycles. The first-order chi connectivity index (χ1) is 15.7. The number of hydrogen-bond acceptors (Lipinski definition) is 6. The summed E-state index contributed by atoms with van der Waals surface area (Å²) in [6, 6.07) is 15.7. The maximum absolute atomic E-state index is 13.6. The monoisotopic (exact) mass is 594 g/mol. The number of sulfone groups is 1. The lowest BCUT2D eigenvalue weighted by atomic mass is 10.1. The number of halogens is 2. The highest BCUT2D eigenvalue weighted by atomic mass is 79.9. The minimum atomic E-state index is -4.20. The number of ketones is 1. The van der Waals surface area contributed by atoms with Crippen LogP contribution in [-0.2, 0) is 9.84 Å². The Morgan fingerprint density at radius 1 is 0.788 bits per heavy atom. The number of methoxy groups -OCH3 is 3. The van der Waals surface area contributed by atoms with E-state index in [9.17, 15) is 13.2 Å². The average molecular weight is 596 g/mol. The zero-order valence-corrected chi connectivity index (χ0v) is 22.0. The molecule has 172 valence electrons. The van der Waals surface area contributed by atoms with Gasteiger partial charge in [0.2, 0.25) is 15.6 Å². The van der Waals surface area contributed by atoms with Crippen molar-refractivity contribution in [3.63, 3.8) is 0 Å². The summed E-state index contributed by atoms with van der Waals surface area (Å²) in [6.07, 6.45) is 1.28. The van der Waals surface area contributed by atoms with Crippen molar-refractivity contribution >= 4 is 53.6 Å². The summed E-state index contributed by atoms with van der Waals surface area (Å²) in [4.78, 5) is 13.0. The quantitative estimate of drug-likeness (QED) is 0.237. The van der Waals surface area contributed by atoms with Crippen LogP contribution in [0.2, 0.25) is 0 Å². The van der Waals surface area contributed by atoms with Crippen molar-refractivity contribution in [2.24, 2.45) is 0 Å². The lowest BCUT2D eigenvalue weighted by molar-refractivity contribution is 0.104. The Morgan fingerprint density at radius 2 is 1.27 bits per heavy atom. The van der Waals surface area contributed by atoms with E-state index in [4.69, 9.17) is 14.2 Å². The van der Waals surface area contributed by atoms with Gasteiger partial charge in [0.15, 0.2) is 0 Å². The molecule has 0 spiro atoms. The molecule has 0 aliphatic carbocycles. The molecule has 3 aromatic rings. The van der Waals surface area contributed by atoms with E-state index in [1.54, 1.807) is 48.5 Å². The van der Waals surface area contributed by atoms with Gasteiger partial charge in [-0.3, -0.25) is 4.79 Å². The second kappa shape index (κ2) is 10.5. The summed E-state index contributed by atoms with van der Waals surface area (Å²) in [5, 5.41) is 0. The Morgan fingerprint density at radius 3 is 1.73 bits per heavy atom. The van der Waals surface area contributed by atoms with Crippen molar-refractivity contribution < 1.29 is 27.4 Å². The van der Waals surface area contributed by atoms with E-state index in [1.165, 1.54) is 39.5 Å². The van der Waals surface area contributed by atoms with Crippen molar-refractivity contribution in [3.8, 4) is 17.2 Å². The van der Waals surface area contributed by atoms with Crippen LogP contribution in [0.4, 0.5) is 0 Å². The lowest BCUT2D eigenvalue weighted by Crippen LogP contribution is -2.15. The van der Waals surface area contributed by atoms with E-state index in [1.807, 2.05) is 0 Å². The average Bonchev–Trinajstić information content (AvgIpc) is 2.82. The number of ether oxygens (including phenoxy) is 3. The predicted molar refractivity (Wildman–Crippen MR) is 134 cm³/mol. The Balaban J connectivity index is 2.30. The molecule has 0 aliphatic rings. The van der Waals surface area contributed by atoms with Crippen molar-refractivity contribution in [1.29, 1.82) is 0 Å². The van der Waals surface area contributed by atoms with Crippen molar-refractivity contribution in [2.45, 2.75) is 4.90 Å². The number of benzene rings is 3. The molecule has 33 heavy (non-hydrogen) atoms. The second-order valence-corrected chi connectivity index (χ2v) is 10.5. The van der Waals surface area contributed by atoms with E-state index in [0.29, 0.717) is 27.3 Å². The fourth-order valence-electron chi connectivity index (χ4n) is 3.06. The molecule has 0 radical (unpaired) electrons. The van der Waals surface area contributed by atoms with Gasteiger partial charge in [-0.15, -0.1) is 0 Å². The number of carbonyl (C=O) groups is 1. The second-order valence-electron chi connectivity index (χ2n) is 6.75. The minimum Gasteiger partial charge on any atom is -0.496 e. The Kier molecular flexibility index (Phi) is 7.99. The van der Waals surface area contributed by atoms with Crippen LogP contribution in [0.1, 0.15) is 15.9 Å². The van der Waals surface area contributed by atoms with Gasteiger partial charge in [0, 0.05) is 26.6 Å². The number of carbonyl (C=O) groups excluding carboxylic acids is 1. The maximum Gasteiger partial charge on any atom is 0.210 e. The van der Waals surface area contributed by atoms with Gasteiger partial charge in [-0.25, -0.2) is 8.42 Å². The highest BCUT2D eigenvalue weighted by molar-refractivity contribution is 9.10. The van der Waals surface area contributed by atoms with E-state index in [0.717, 1.165) is 4.47 Å². The topological polar surface area (TPSA) is 78.9 Å². The number of rotatable bonds is 8. The van der Waals surface area contributed by atoms with Gasteiger partial charge in [-0.05, 0) is 54.6 Å². The number of allylic oxidation sites excluding steroid dienone is 1. The number of Topliss-reactive ketones (excluding diaryl/α,β-unsaturated/α-hetero) is 1. The summed E-state index contributed by atoms with van der Waals surface area (Å²) in [7, 11) is 0.159. The summed E-state index contributed by atoms with van der Waals surface area (Å²) < 4.78 is 44.9. The van der Waals surface area contributed by atoms with Crippen molar-refractivity contribution in [3.05, 3.63) is 85.6 Å². The molecule has 0 aromatic heterocycles. The van der Waals surface area contributed by atoms with E-state index < -0.39 is 20.5 Å². The van der Waals surface area contributed by atoms with Crippen LogP contribution < -0.4 is 14.2 Å². The van der Waals surface area contributed by atoms with E-state index >= 15 is 0 Å². The molecule has 0 fully saturated rings.